The van der Waals surface area contributed by atoms with Gasteiger partial charge in [-0.05, 0) is 37.6 Å². The Hall–Kier alpha value is -3.21. The molecule has 0 spiro atoms. The summed E-state index contributed by atoms with van der Waals surface area (Å²) in [5.41, 5.74) is 2.45. The number of nitrogens with zero attached hydrogens (tertiary/aromatic N) is 2. The Labute approximate surface area is 179 Å². The Morgan fingerprint density at radius 2 is 1.67 bits per heavy atom. The number of hydrogen-bond acceptors (Lipinski definition) is 5. The lowest BCUT2D eigenvalue weighted by atomic mass is 10.1. The highest BCUT2D eigenvalue weighted by Gasteiger charge is 2.24. The first kappa shape index (κ1) is 21.5. The molecule has 2 aromatic carbocycles. The zero-order valence-corrected chi connectivity index (χ0v) is 18.3. The molecule has 0 saturated carbocycles. The van der Waals surface area contributed by atoms with Gasteiger partial charge in [0, 0.05) is 6.54 Å². The first-order chi connectivity index (χ1) is 14.3. The minimum Gasteiger partial charge on any atom is -0.293 e. The first-order valence-corrected chi connectivity index (χ1v) is 11.4. The van der Waals surface area contributed by atoms with Gasteiger partial charge in [0.2, 0.25) is 9.84 Å². The molecule has 0 unspecified atom stereocenters. The number of hydrogen-bond donors (Lipinski definition) is 0. The molecule has 0 saturated heterocycles. The molecule has 0 atom stereocenters. The van der Waals surface area contributed by atoms with Crippen molar-refractivity contribution >= 4 is 32.2 Å². The summed E-state index contributed by atoms with van der Waals surface area (Å²) in [7, 11) is -4.09. The number of thiazole rings is 1. The standard InChI is InChI=1S/C23H20N2O3S2/c1-4-13-25-22(26)20(14-18-9-5-16(2)6-10-18)29-23(25)21(15-24)30(27,28)19-11-7-17(3)8-12-19/h4-12,14H,1,13H2,2-3H3. The molecule has 0 bridgehead atoms. The van der Waals surface area contributed by atoms with Crippen LogP contribution in [0.5, 0.6) is 0 Å². The topological polar surface area (TPSA) is 79.9 Å². The molecular formula is C23H20N2O3S2. The lowest BCUT2D eigenvalue weighted by molar-refractivity contribution is 0.605. The van der Waals surface area contributed by atoms with Gasteiger partial charge in [-0.15, -0.1) is 17.9 Å². The van der Waals surface area contributed by atoms with Crippen LogP contribution in [0, 0.1) is 25.2 Å². The second-order valence-electron chi connectivity index (χ2n) is 6.79. The fraction of sp³-hybridized carbons (Fsp3) is 0.130. The van der Waals surface area contributed by atoms with E-state index in [2.05, 4.69) is 6.58 Å². The second-order valence-corrected chi connectivity index (χ2v) is 9.71. The van der Waals surface area contributed by atoms with E-state index >= 15 is 0 Å². The minimum atomic E-state index is -4.09. The van der Waals surface area contributed by atoms with Crippen molar-refractivity contribution in [3.05, 3.63) is 97.4 Å². The second kappa shape index (κ2) is 8.66. The highest BCUT2D eigenvalue weighted by molar-refractivity contribution is 8.00. The van der Waals surface area contributed by atoms with Gasteiger partial charge < -0.3 is 0 Å². The number of aryl methyl sites for hydroxylation is 2. The molecular weight excluding hydrogens is 416 g/mol. The SMILES string of the molecule is C=CCn1c(=C(C#N)S(=O)(=O)c2ccc(C)cc2)sc(=Cc2ccc(C)cc2)c1=O. The third-order valence-corrected chi connectivity index (χ3v) is 7.46. The Morgan fingerprint density at radius 3 is 2.20 bits per heavy atom. The van der Waals surface area contributed by atoms with E-state index in [0.717, 1.165) is 28.0 Å². The average molecular weight is 437 g/mol. The monoisotopic (exact) mass is 436 g/mol. The van der Waals surface area contributed by atoms with Crippen LogP contribution in [0.3, 0.4) is 0 Å². The highest BCUT2D eigenvalue weighted by Crippen LogP contribution is 2.19. The molecule has 1 heterocycles. The van der Waals surface area contributed by atoms with Gasteiger partial charge in [0.05, 0.1) is 9.43 Å². The lowest BCUT2D eigenvalue weighted by Crippen LogP contribution is -2.32. The third-order valence-electron chi connectivity index (χ3n) is 4.49. The van der Waals surface area contributed by atoms with E-state index in [0.29, 0.717) is 4.53 Å². The quantitative estimate of drug-likeness (QED) is 0.576. The van der Waals surface area contributed by atoms with E-state index in [9.17, 15) is 18.5 Å². The van der Waals surface area contributed by atoms with E-state index in [1.807, 2.05) is 44.2 Å². The van der Waals surface area contributed by atoms with Gasteiger partial charge in [0.1, 0.15) is 10.7 Å². The summed E-state index contributed by atoms with van der Waals surface area (Å²) in [6.45, 7) is 7.56. The predicted octanol–water partition coefficient (Wildman–Crippen LogP) is 2.65. The van der Waals surface area contributed by atoms with E-state index in [4.69, 9.17) is 0 Å². The van der Waals surface area contributed by atoms with Gasteiger partial charge in [-0.2, -0.15) is 5.26 Å². The Morgan fingerprint density at radius 1 is 1.10 bits per heavy atom. The molecule has 152 valence electrons. The third kappa shape index (κ3) is 4.20. The summed E-state index contributed by atoms with van der Waals surface area (Å²) < 4.78 is 28.0. The van der Waals surface area contributed by atoms with Crippen molar-refractivity contribution in [2.75, 3.05) is 0 Å². The van der Waals surface area contributed by atoms with Crippen molar-refractivity contribution in [2.24, 2.45) is 0 Å². The molecule has 30 heavy (non-hydrogen) atoms. The van der Waals surface area contributed by atoms with Crippen molar-refractivity contribution in [3.8, 4) is 6.07 Å². The molecule has 1 aromatic heterocycles. The molecule has 7 heteroatoms. The van der Waals surface area contributed by atoms with Crippen LogP contribution in [0.4, 0.5) is 0 Å². The number of allylic oxidation sites excluding steroid dienone is 1. The predicted molar refractivity (Wildman–Crippen MR) is 120 cm³/mol. The van der Waals surface area contributed by atoms with Gasteiger partial charge in [0.15, 0.2) is 4.91 Å². The van der Waals surface area contributed by atoms with Crippen molar-refractivity contribution in [2.45, 2.75) is 25.3 Å². The number of rotatable bonds is 5. The molecule has 5 nitrogen and oxygen atoms in total. The van der Waals surface area contributed by atoms with Gasteiger partial charge in [-0.1, -0.05) is 53.6 Å². The lowest BCUT2D eigenvalue weighted by Gasteiger charge is -2.04. The number of benzene rings is 2. The van der Waals surface area contributed by atoms with Gasteiger partial charge in [-0.3, -0.25) is 9.36 Å². The zero-order chi connectivity index (χ0) is 21.9. The maximum Gasteiger partial charge on any atom is 0.269 e. The Bertz CT molecular complexity index is 1420. The van der Waals surface area contributed by atoms with Crippen LogP contribution in [0.1, 0.15) is 16.7 Å². The van der Waals surface area contributed by atoms with E-state index in [1.54, 1.807) is 18.2 Å². The molecule has 0 aliphatic heterocycles. The normalized spacial score (nSPS) is 13.0. The van der Waals surface area contributed by atoms with Crippen LogP contribution < -0.4 is 14.8 Å². The largest absolute Gasteiger partial charge is 0.293 e. The number of sulfone groups is 1. The van der Waals surface area contributed by atoms with Crippen molar-refractivity contribution in [3.63, 3.8) is 0 Å². The molecule has 0 aliphatic carbocycles. The van der Waals surface area contributed by atoms with Crippen molar-refractivity contribution < 1.29 is 8.42 Å². The summed E-state index contributed by atoms with van der Waals surface area (Å²) in [4.78, 5) is 12.5. The van der Waals surface area contributed by atoms with Crippen molar-refractivity contribution in [1.29, 1.82) is 5.26 Å². The van der Waals surface area contributed by atoms with Gasteiger partial charge in [-0.25, -0.2) is 8.42 Å². The number of aromatic nitrogens is 1. The fourth-order valence-electron chi connectivity index (χ4n) is 2.86. The summed E-state index contributed by atoms with van der Waals surface area (Å²) in [6.07, 6.45) is 3.20. The fourth-order valence-corrected chi connectivity index (χ4v) is 5.51. The molecule has 0 radical (unpaired) electrons. The summed E-state index contributed by atoms with van der Waals surface area (Å²) in [5.74, 6) is 0. The molecule has 0 fully saturated rings. The van der Waals surface area contributed by atoms with E-state index in [1.165, 1.54) is 22.8 Å². The molecule has 0 aliphatic rings. The van der Waals surface area contributed by atoms with Gasteiger partial charge >= 0.3 is 0 Å². The van der Waals surface area contributed by atoms with E-state index < -0.39 is 14.7 Å². The van der Waals surface area contributed by atoms with Crippen LogP contribution in [-0.4, -0.2) is 13.0 Å². The zero-order valence-electron chi connectivity index (χ0n) is 16.6. The Balaban J connectivity index is 2.34. The number of nitriles is 1. The first-order valence-electron chi connectivity index (χ1n) is 9.13. The highest BCUT2D eigenvalue weighted by atomic mass is 32.2. The summed E-state index contributed by atoms with van der Waals surface area (Å²) in [6, 6.07) is 15.7. The smallest absolute Gasteiger partial charge is 0.269 e. The summed E-state index contributed by atoms with van der Waals surface area (Å²) in [5, 5.41) is 9.73. The van der Waals surface area contributed by atoms with Crippen LogP contribution >= 0.6 is 11.3 Å². The molecule has 0 amide bonds. The molecule has 3 rings (SSSR count). The average Bonchev–Trinajstić information content (AvgIpc) is 3.00. The van der Waals surface area contributed by atoms with Crippen LogP contribution in [-0.2, 0) is 16.4 Å². The van der Waals surface area contributed by atoms with Gasteiger partial charge in [0.25, 0.3) is 5.56 Å². The van der Waals surface area contributed by atoms with Crippen molar-refractivity contribution in [1.82, 2.24) is 4.57 Å². The van der Waals surface area contributed by atoms with Crippen LogP contribution in [0.15, 0.2) is 70.9 Å². The maximum atomic E-state index is 13.1. The maximum absolute atomic E-state index is 13.1. The van der Waals surface area contributed by atoms with E-state index in [-0.39, 0.29) is 21.7 Å². The molecule has 0 N–H and O–H groups in total. The minimum absolute atomic E-state index is 0.0136. The van der Waals surface area contributed by atoms with Crippen LogP contribution in [0.25, 0.3) is 11.0 Å². The molecule has 3 aromatic rings. The van der Waals surface area contributed by atoms with Crippen LogP contribution in [0.2, 0.25) is 0 Å². The summed E-state index contributed by atoms with van der Waals surface area (Å²) >= 11 is 0.991. The Kier molecular flexibility index (Phi) is 6.20.